The highest BCUT2D eigenvalue weighted by Crippen LogP contribution is 2.50. The summed E-state index contributed by atoms with van der Waals surface area (Å²) in [6.45, 7) is 9.92. The smallest absolute Gasteiger partial charge is 0.170 e. The van der Waals surface area contributed by atoms with Crippen molar-refractivity contribution < 1.29 is 18.7 Å². The summed E-state index contributed by atoms with van der Waals surface area (Å²) in [6, 6.07) is 7.29. The molecule has 2 aromatic rings. The molecule has 2 aliphatic heterocycles. The van der Waals surface area contributed by atoms with Crippen LogP contribution in [0, 0.1) is 5.82 Å². The highest BCUT2D eigenvalue weighted by Gasteiger charge is 2.36. The number of benzene rings is 2. The van der Waals surface area contributed by atoms with Crippen LogP contribution in [0.3, 0.4) is 0 Å². The summed E-state index contributed by atoms with van der Waals surface area (Å²) < 4.78 is 26.6. The van der Waals surface area contributed by atoms with Crippen molar-refractivity contribution in [3.63, 3.8) is 0 Å². The number of hydrogen-bond acceptors (Lipinski definition) is 6. The monoisotopic (exact) mass is 451 g/mol. The van der Waals surface area contributed by atoms with Gasteiger partial charge in [-0.25, -0.2) is 4.39 Å². The van der Waals surface area contributed by atoms with Crippen LogP contribution in [0.5, 0.6) is 11.5 Å². The molecule has 0 fully saturated rings. The van der Waals surface area contributed by atoms with Crippen molar-refractivity contribution in [3.8, 4) is 11.5 Å². The molecule has 0 saturated heterocycles. The highest BCUT2D eigenvalue weighted by molar-refractivity contribution is 6.14. The molecular formula is C26H30FN3O3. The summed E-state index contributed by atoms with van der Waals surface area (Å²) in [5.41, 5.74) is 9.86. The second kappa shape index (κ2) is 8.81. The third kappa shape index (κ3) is 4.03. The first-order chi connectivity index (χ1) is 15.7. The number of nitrogens with zero attached hydrogens (tertiary/aromatic N) is 1. The van der Waals surface area contributed by atoms with Gasteiger partial charge >= 0.3 is 0 Å². The van der Waals surface area contributed by atoms with Gasteiger partial charge in [-0.1, -0.05) is 6.58 Å². The lowest BCUT2D eigenvalue weighted by atomic mass is 9.83. The van der Waals surface area contributed by atoms with Crippen LogP contribution in [-0.2, 0) is 11.2 Å². The third-order valence-electron chi connectivity index (χ3n) is 6.32. The molecule has 0 aromatic heterocycles. The van der Waals surface area contributed by atoms with Crippen molar-refractivity contribution in [3.05, 3.63) is 59.6 Å². The van der Waals surface area contributed by atoms with Crippen LogP contribution in [0.1, 0.15) is 38.3 Å². The van der Waals surface area contributed by atoms with E-state index in [1.54, 1.807) is 7.11 Å². The van der Waals surface area contributed by atoms with Crippen molar-refractivity contribution in [2.45, 2.75) is 45.7 Å². The standard InChI is InChI=1S/C26H30FN3O3/c1-14(13-33-19-9-7-18(32-5)8-10-19)29-25-20-11-6-15(2)30-12-21(17(4)31)16(3)22(26(20)30)24(28)23(25)27/h7-10,12,14-15,29H,3,6,11,13,28H2,1-2,4-5H3. The van der Waals surface area contributed by atoms with Crippen molar-refractivity contribution >= 4 is 28.4 Å². The Hall–Kier alpha value is -3.48. The molecule has 0 spiro atoms. The third-order valence-corrected chi connectivity index (χ3v) is 6.32. The molecule has 0 saturated carbocycles. The van der Waals surface area contributed by atoms with Crippen LogP contribution in [0.4, 0.5) is 21.5 Å². The first-order valence-corrected chi connectivity index (χ1v) is 11.1. The fourth-order valence-corrected chi connectivity index (χ4v) is 4.50. The van der Waals surface area contributed by atoms with Crippen LogP contribution >= 0.6 is 0 Å². The summed E-state index contributed by atoms with van der Waals surface area (Å²) in [7, 11) is 1.61. The number of carbonyl (C=O) groups is 1. The van der Waals surface area contributed by atoms with Crippen LogP contribution < -0.4 is 25.4 Å². The van der Waals surface area contributed by atoms with Gasteiger partial charge in [0.25, 0.3) is 0 Å². The number of anilines is 3. The van der Waals surface area contributed by atoms with Crippen molar-refractivity contribution in [2.24, 2.45) is 0 Å². The summed E-state index contributed by atoms with van der Waals surface area (Å²) in [5.74, 6) is 0.827. The number of carbonyl (C=O) groups excluding carboxylic acids is 1. The Morgan fingerprint density at radius 1 is 1.33 bits per heavy atom. The van der Waals surface area contributed by atoms with Gasteiger partial charge in [0.2, 0.25) is 0 Å². The second-order valence-electron chi connectivity index (χ2n) is 8.71. The summed E-state index contributed by atoms with van der Waals surface area (Å²) in [4.78, 5) is 14.2. The van der Waals surface area contributed by atoms with Crippen molar-refractivity contribution in [1.29, 1.82) is 0 Å². The minimum atomic E-state index is -0.513. The molecule has 2 atom stereocenters. The molecule has 0 radical (unpaired) electrons. The van der Waals surface area contributed by atoms with E-state index in [1.807, 2.05) is 42.3 Å². The zero-order chi connectivity index (χ0) is 23.9. The molecule has 2 aliphatic rings. The van der Waals surface area contributed by atoms with Crippen LogP contribution in [-0.4, -0.2) is 31.6 Å². The minimum absolute atomic E-state index is 0.00970. The molecule has 7 heteroatoms. The molecule has 174 valence electrons. The lowest BCUT2D eigenvalue weighted by Gasteiger charge is -2.41. The van der Waals surface area contributed by atoms with Gasteiger partial charge in [0.1, 0.15) is 18.1 Å². The van der Waals surface area contributed by atoms with Gasteiger partial charge in [0.15, 0.2) is 11.6 Å². The topological polar surface area (TPSA) is 76.8 Å². The fraction of sp³-hybridized carbons (Fsp3) is 0.346. The Morgan fingerprint density at radius 2 is 2.00 bits per heavy atom. The lowest BCUT2D eigenvalue weighted by molar-refractivity contribution is -0.113. The number of ketones is 1. The number of nitrogen functional groups attached to an aromatic ring is 1. The maximum Gasteiger partial charge on any atom is 0.170 e. The average Bonchev–Trinajstić information content (AvgIpc) is 2.80. The van der Waals surface area contributed by atoms with Gasteiger partial charge in [-0.05, 0) is 63.5 Å². The Kier molecular flexibility index (Phi) is 6.06. The predicted octanol–water partition coefficient (Wildman–Crippen LogP) is 4.94. The molecule has 0 amide bonds. The van der Waals surface area contributed by atoms with Gasteiger partial charge in [0.05, 0.1) is 30.2 Å². The van der Waals surface area contributed by atoms with Crippen LogP contribution in [0.2, 0.25) is 0 Å². The number of allylic oxidation sites excluding steroid dienone is 2. The zero-order valence-electron chi connectivity index (χ0n) is 19.5. The minimum Gasteiger partial charge on any atom is -0.497 e. The SMILES string of the molecule is C=C1C(C(C)=O)=CN2c3c(c(NC(C)COc4ccc(OC)cc4)c(F)c(N)c31)CCC2C. The van der Waals surface area contributed by atoms with Crippen molar-refractivity contribution in [1.82, 2.24) is 0 Å². The number of hydrogen-bond donors (Lipinski definition) is 2. The van der Waals surface area contributed by atoms with E-state index in [9.17, 15) is 4.79 Å². The first kappa shape index (κ1) is 22.7. The molecule has 2 heterocycles. The molecule has 4 rings (SSSR count). The Bertz CT molecular complexity index is 1140. The van der Waals surface area contributed by atoms with E-state index in [0.29, 0.717) is 41.2 Å². The first-order valence-electron chi connectivity index (χ1n) is 11.1. The molecule has 6 nitrogen and oxygen atoms in total. The summed E-state index contributed by atoms with van der Waals surface area (Å²) >= 11 is 0. The van der Waals surface area contributed by atoms with Gasteiger partial charge in [-0.15, -0.1) is 0 Å². The number of Topliss-reactive ketones (excluding diaryl/α,β-unsaturated/α-hetero) is 1. The maximum atomic E-state index is 15.6. The largest absolute Gasteiger partial charge is 0.497 e. The fourth-order valence-electron chi connectivity index (χ4n) is 4.50. The number of nitrogens with one attached hydrogen (secondary N) is 1. The van der Waals surface area contributed by atoms with Crippen LogP contribution in [0.15, 0.2) is 42.6 Å². The zero-order valence-corrected chi connectivity index (χ0v) is 19.5. The van der Waals surface area contributed by atoms with E-state index < -0.39 is 5.82 Å². The lowest BCUT2D eigenvalue weighted by Crippen LogP contribution is -2.38. The van der Waals surface area contributed by atoms with E-state index in [4.69, 9.17) is 15.2 Å². The average molecular weight is 452 g/mol. The van der Waals surface area contributed by atoms with E-state index >= 15 is 4.39 Å². The maximum absolute atomic E-state index is 15.6. The van der Waals surface area contributed by atoms with E-state index in [-0.39, 0.29) is 23.6 Å². The van der Waals surface area contributed by atoms with E-state index in [1.165, 1.54) is 6.92 Å². The van der Waals surface area contributed by atoms with E-state index in [2.05, 4.69) is 18.8 Å². The number of rotatable bonds is 7. The van der Waals surface area contributed by atoms with Gasteiger partial charge in [-0.3, -0.25) is 4.79 Å². The van der Waals surface area contributed by atoms with Crippen LogP contribution in [0.25, 0.3) is 5.57 Å². The molecule has 3 N–H and O–H groups in total. The number of ether oxygens (including phenoxy) is 2. The summed E-state index contributed by atoms with van der Waals surface area (Å²) in [6.07, 6.45) is 3.36. The highest BCUT2D eigenvalue weighted by atomic mass is 19.1. The van der Waals surface area contributed by atoms with Gasteiger partial charge in [0, 0.05) is 28.9 Å². The van der Waals surface area contributed by atoms with E-state index in [0.717, 1.165) is 23.4 Å². The number of nitrogens with two attached hydrogens (primary N) is 1. The van der Waals surface area contributed by atoms with Crippen molar-refractivity contribution in [2.75, 3.05) is 29.7 Å². The second-order valence-corrected chi connectivity index (χ2v) is 8.71. The number of halogens is 1. The molecule has 0 aliphatic carbocycles. The Morgan fingerprint density at radius 3 is 2.64 bits per heavy atom. The normalized spacial score (nSPS) is 17.7. The quantitative estimate of drug-likeness (QED) is 0.581. The molecule has 2 unspecified atom stereocenters. The molecule has 0 bridgehead atoms. The molecular weight excluding hydrogens is 421 g/mol. The molecule has 33 heavy (non-hydrogen) atoms. The predicted molar refractivity (Wildman–Crippen MR) is 130 cm³/mol. The Labute approximate surface area is 193 Å². The number of methoxy groups -OCH3 is 1. The van der Waals surface area contributed by atoms with Gasteiger partial charge < -0.3 is 25.4 Å². The van der Waals surface area contributed by atoms with Gasteiger partial charge in [-0.2, -0.15) is 0 Å². The Balaban J connectivity index is 1.64. The molecule has 2 aromatic carbocycles. The summed E-state index contributed by atoms with van der Waals surface area (Å²) in [5, 5.41) is 3.28.